The average molecular weight is 418 g/mol. The van der Waals surface area contributed by atoms with Crippen LogP contribution >= 0.6 is 0 Å². The van der Waals surface area contributed by atoms with Gasteiger partial charge in [-0.15, -0.1) is 0 Å². The molecule has 0 spiro atoms. The van der Waals surface area contributed by atoms with Gasteiger partial charge in [-0.3, -0.25) is 9.59 Å². The van der Waals surface area contributed by atoms with E-state index in [-0.39, 0.29) is 12.3 Å². The number of aromatic amines is 1. The van der Waals surface area contributed by atoms with Crippen molar-refractivity contribution in [1.29, 1.82) is 5.26 Å². The molecule has 3 rings (SSSR count). The van der Waals surface area contributed by atoms with Gasteiger partial charge in [0.25, 0.3) is 5.91 Å². The van der Waals surface area contributed by atoms with Gasteiger partial charge in [-0.2, -0.15) is 5.26 Å². The fourth-order valence-corrected chi connectivity index (χ4v) is 3.14. The topological polar surface area (TPSA) is 124 Å². The number of para-hydroxylation sites is 1. The highest BCUT2D eigenvalue weighted by Gasteiger charge is 2.27. The first kappa shape index (κ1) is 21.6. The van der Waals surface area contributed by atoms with Crippen molar-refractivity contribution in [2.24, 2.45) is 0 Å². The van der Waals surface area contributed by atoms with Crippen molar-refractivity contribution in [2.75, 3.05) is 5.32 Å². The number of benzene rings is 2. The fraction of sp³-hybridized carbons (Fsp3) is 0.217. The quantitative estimate of drug-likeness (QED) is 0.509. The lowest BCUT2D eigenvalue weighted by atomic mass is 10.0. The highest BCUT2D eigenvalue weighted by Crippen LogP contribution is 2.19. The Balaban J connectivity index is 1.67. The molecule has 0 bridgehead atoms. The maximum absolute atomic E-state index is 12.7. The van der Waals surface area contributed by atoms with Crippen molar-refractivity contribution in [2.45, 2.75) is 32.4 Å². The number of carbonyl (C=O) groups excluding carboxylic acids is 3. The van der Waals surface area contributed by atoms with Crippen LogP contribution in [0.5, 0.6) is 0 Å². The third kappa shape index (κ3) is 5.48. The Bertz CT molecular complexity index is 1140. The monoisotopic (exact) mass is 418 g/mol. The van der Waals surface area contributed by atoms with Crippen molar-refractivity contribution < 1.29 is 19.1 Å². The molecule has 2 amide bonds. The van der Waals surface area contributed by atoms with Gasteiger partial charge in [-0.25, -0.2) is 4.79 Å². The molecule has 158 valence electrons. The van der Waals surface area contributed by atoms with E-state index in [0.29, 0.717) is 11.3 Å². The zero-order valence-electron chi connectivity index (χ0n) is 17.1. The summed E-state index contributed by atoms with van der Waals surface area (Å²) in [6.45, 7) is 2.77. The standard InChI is InChI=1S/C23H22N4O4/c1-14(22(29)27-18-9-7-16(12-24)8-10-18)31-23(30)21(26-15(2)28)11-17-13-25-20-6-4-3-5-19(17)20/h3-10,13-14,21,25H,11H2,1-2H3,(H,26,28)(H,27,29)/t14-,21+/m1/s1. The number of nitrogens with one attached hydrogen (secondary N) is 3. The summed E-state index contributed by atoms with van der Waals surface area (Å²) in [4.78, 5) is 39.9. The summed E-state index contributed by atoms with van der Waals surface area (Å²) in [5.41, 5.74) is 2.71. The summed E-state index contributed by atoms with van der Waals surface area (Å²) in [5, 5.41) is 15.0. The molecule has 31 heavy (non-hydrogen) atoms. The van der Waals surface area contributed by atoms with Crippen LogP contribution < -0.4 is 10.6 Å². The first-order chi connectivity index (χ1) is 14.9. The number of carbonyl (C=O) groups is 3. The number of anilines is 1. The second kappa shape index (κ2) is 9.59. The smallest absolute Gasteiger partial charge is 0.329 e. The molecule has 0 fully saturated rings. The summed E-state index contributed by atoms with van der Waals surface area (Å²) in [5.74, 6) is -1.61. The molecule has 0 aliphatic heterocycles. The van der Waals surface area contributed by atoms with Gasteiger partial charge in [0.15, 0.2) is 6.10 Å². The number of hydrogen-bond donors (Lipinski definition) is 3. The maximum atomic E-state index is 12.7. The Morgan fingerprint density at radius 2 is 1.84 bits per heavy atom. The largest absolute Gasteiger partial charge is 0.451 e. The molecule has 0 aliphatic carbocycles. The fourth-order valence-electron chi connectivity index (χ4n) is 3.14. The van der Waals surface area contributed by atoms with Crippen LogP contribution in [0.25, 0.3) is 10.9 Å². The highest BCUT2D eigenvalue weighted by atomic mass is 16.5. The molecule has 1 heterocycles. The van der Waals surface area contributed by atoms with Gasteiger partial charge in [-0.1, -0.05) is 18.2 Å². The number of amides is 2. The van der Waals surface area contributed by atoms with Gasteiger partial charge in [-0.05, 0) is 42.8 Å². The first-order valence-electron chi connectivity index (χ1n) is 9.71. The SMILES string of the molecule is CC(=O)N[C@@H](Cc1c[nH]c2ccccc12)C(=O)O[C@H](C)C(=O)Nc1ccc(C#N)cc1. The number of ether oxygens (including phenoxy) is 1. The van der Waals surface area contributed by atoms with Crippen LogP contribution in [-0.2, 0) is 25.5 Å². The van der Waals surface area contributed by atoms with Crippen molar-refractivity contribution in [3.8, 4) is 6.07 Å². The maximum Gasteiger partial charge on any atom is 0.329 e. The molecule has 0 aliphatic rings. The number of nitriles is 1. The van der Waals surface area contributed by atoms with Crippen LogP contribution in [-0.4, -0.2) is 34.9 Å². The lowest BCUT2D eigenvalue weighted by Gasteiger charge is -2.20. The third-order valence-electron chi connectivity index (χ3n) is 4.70. The van der Waals surface area contributed by atoms with Crippen molar-refractivity contribution in [1.82, 2.24) is 10.3 Å². The van der Waals surface area contributed by atoms with Crippen molar-refractivity contribution in [3.63, 3.8) is 0 Å². The molecule has 0 saturated carbocycles. The second-order valence-corrected chi connectivity index (χ2v) is 7.07. The summed E-state index contributed by atoms with van der Waals surface area (Å²) in [7, 11) is 0. The lowest BCUT2D eigenvalue weighted by molar-refractivity contribution is -0.156. The minimum Gasteiger partial charge on any atom is -0.451 e. The predicted molar refractivity (Wildman–Crippen MR) is 115 cm³/mol. The number of fused-ring (bicyclic) bond motifs is 1. The minimum absolute atomic E-state index is 0.215. The lowest BCUT2D eigenvalue weighted by Crippen LogP contribution is -2.44. The van der Waals surface area contributed by atoms with E-state index in [0.717, 1.165) is 16.5 Å². The molecule has 0 saturated heterocycles. The first-order valence-corrected chi connectivity index (χ1v) is 9.71. The molecule has 2 atom stereocenters. The van der Waals surface area contributed by atoms with Gasteiger partial charge in [0.05, 0.1) is 11.6 Å². The van der Waals surface area contributed by atoms with Crippen LogP contribution in [0.3, 0.4) is 0 Å². The van der Waals surface area contributed by atoms with E-state index >= 15 is 0 Å². The van der Waals surface area contributed by atoms with E-state index in [4.69, 9.17) is 10.00 Å². The summed E-state index contributed by atoms with van der Waals surface area (Å²) in [6.07, 6.45) is 0.919. The average Bonchev–Trinajstić information content (AvgIpc) is 3.16. The van der Waals surface area contributed by atoms with Gasteiger partial charge in [0, 0.05) is 36.1 Å². The molecular weight excluding hydrogens is 396 g/mol. The number of aromatic nitrogens is 1. The van der Waals surface area contributed by atoms with E-state index in [1.54, 1.807) is 30.5 Å². The van der Waals surface area contributed by atoms with Crippen LogP contribution in [0.2, 0.25) is 0 Å². The summed E-state index contributed by atoms with van der Waals surface area (Å²) < 4.78 is 5.32. The minimum atomic E-state index is -1.08. The van der Waals surface area contributed by atoms with Gasteiger partial charge in [0.2, 0.25) is 5.91 Å². The van der Waals surface area contributed by atoms with Crippen LogP contribution in [0.15, 0.2) is 54.7 Å². The second-order valence-electron chi connectivity index (χ2n) is 7.07. The van der Waals surface area contributed by atoms with E-state index in [2.05, 4.69) is 15.6 Å². The Hall–Kier alpha value is -4.12. The normalized spacial score (nSPS) is 12.4. The predicted octanol–water partition coefficient (Wildman–Crippen LogP) is 2.66. The molecule has 8 nitrogen and oxygen atoms in total. The summed E-state index contributed by atoms with van der Waals surface area (Å²) in [6, 6.07) is 15.0. The highest BCUT2D eigenvalue weighted by molar-refractivity contribution is 5.96. The van der Waals surface area contributed by atoms with Crippen molar-refractivity contribution >= 4 is 34.4 Å². The number of H-pyrrole nitrogens is 1. The van der Waals surface area contributed by atoms with Gasteiger partial charge >= 0.3 is 5.97 Å². The molecule has 3 aromatic rings. The molecule has 0 unspecified atom stereocenters. The zero-order valence-corrected chi connectivity index (χ0v) is 17.1. The molecule has 2 aromatic carbocycles. The number of hydrogen-bond acceptors (Lipinski definition) is 5. The zero-order chi connectivity index (χ0) is 22.4. The van der Waals surface area contributed by atoms with Crippen LogP contribution in [0.4, 0.5) is 5.69 Å². The van der Waals surface area contributed by atoms with E-state index in [9.17, 15) is 14.4 Å². The molecule has 1 aromatic heterocycles. The van der Waals surface area contributed by atoms with E-state index in [1.165, 1.54) is 13.8 Å². The number of nitrogens with zero attached hydrogens (tertiary/aromatic N) is 1. The number of esters is 1. The van der Waals surface area contributed by atoms with E-state index < -0.39 is 24.0 Å². The van der Waals surface area contributed by atoms with Crippen LogP contribution in [0.1, 0.15) is 25.0 Å². The Labute approximate surface area is 179 Å². The Morgan fingerprint density at radius 1 is 1.13 bits per heavy atom. The third-order valence-corrected chi connectivity index (χ3v) is 4.70. The molecule has 3 N–H and O–H groups in total. The van der Waals surface area contributed by atoms with Crippen molar-refractivity contribution in [3.05, 3.63) is 65.9 Å². The summed E-state index contributed by atoms with van der Waals surface area (Å²) >= 11 is 0. The van der Waals surface area contributed by atoms with Gasteiger partial charge in [0.1, 0.15) is 6.04 Å². The molecule has 8 heteroatoms. The Kier molecular flexibility index (Phi) is 6.67. The van der Waals surface area contributed by atoms with E-state index in [1.807, 2.05) is 30.3 Å². The molecular formula is C23H22N4O4. The van der Waals surface area contributed by atoms with Gasteiger partial charge < -0.3 is 20.4 Å². The Morgan fingerprint density at radius 3 is 2.52 bits per heavy atom. The van der Waals surface area contributed by atoms with Crippen LogP contribution in [0, 0.1) is 11.3 Å². The molecule has 0 radical (unpaired) electrons. The number of rotatable bonds is 7.